The Balaban J connectivity index is 2.89. The van der Waals surface area contributed by atoms with Crippen molar-refractivity contribution in [2.75, 3.05) is 0 Å². The molecule has 0 spiro atoms. The summed E-state index contributed by atoms with van der Waals surface area (Å²) in [5.74, 6) is -1.12. The van der Waals surface area contributed by atoms with Crippen molar-refractivity contribution < 1.29 is 9.90 Å². The van der Waals surface area contributed by atoms with Crippen LogP contribution in [0.1, 0.15) is 31.9 Å². The van der Waals surface area contributed by atoms with Crippen molar-refractivity contribution >= 4 is 17.7 Å². The molecule has 0 fully saturated rings. The number of aliphatic carboxylic acids is 1. The average molecular weight is 252 g/mol. The number of rotatable bonds is 4. The van der Waals surface area contributed by atoms with Gasteiger partial charge in [0.15, 0.2) is 0 Å². The van der Waals surface area contributed by atoms with Crippen LogP contribution >= 0.6 is 11.8 Å². The smallest absolute Gasteiger partial charge is 0.307 e. The number of aryl methyl sites for hydroxylation is 2. The third-order valence-corrected chi connectivity index (χ3v) is 4.64. The van der Waals surface area contributed by atoms with E-state index in [4.69, 9.17) is 5.11 Å². The number of benzene rings is 1. The molecular formula is C14H20O2S. The Bertz CT molecular complexity index is 424. The molecule has 1 atom stereocenters. The standard InChI is InChI=1S/C14H20O2S/c1-9-6-7-12(8-10(9)2)17-14(4,5)11(3)13(15)16/h6-8,11H,1-5H3,(H,15,16). The Morgan fingerprint density at radius 1 is 1.29 bits per heavy atom. The molecule has 1 aromatic rings. The summed E-state index contributed by atoms with van der Waals surface area (Å²) in [4.78, 5) is 12.2. The molecule has 0 saturated heterocycles. The summed E-state index contributed by atoms with van der Waals surface area (Å²) in [5, 5.41) is 9.08. The highest BCUT2D eigenvalue weighted by Crippen LogP contribution is 2.38. The average Bonchev–Trinajstić information content (AvgIpc) is 2.22. The van der Waals surface area contributed by atoms with E-state index in [0.29, 0.717) is 0 Å². The normalized spacial score (nSPS) is 13.5. The molecule has 0 aliphatic carbocycles. The van der Waals surface area contributed by atoms with Crippen LogP contribution in [-0.4, -0.2) is 15.8 Å². The predicted octanol–water partition coefficient (Wildman–Crippen LogP) is 3.89. The minimum atomic E-state index is -0.744. The maximum absolute atomic E-state index is 11.0. The lowest BCUT2D eigenvalue weighted by atomic mass is 9.97. The second kappa shape index (κ2) is 5.13. The third-order valence-electron chi connectivity index (χ3n) is 3.27. The number of hydrogen-bond acceptors (Lipinski definition) is 2. The Hall–Kier alpha value is -0.960. The van der Waals surface area contributed by atoms with Gasteiger partial charge in [0.2, 0.25) is 0 Å². The summed E-state index contributed by atoms with van der Waals surface area (Å²) in [6, 6.07) is 6.26. The molecule has 0 heterocycles. The molecule has 1 rings (SSSR count). The number of thioether (sulfide) groups is 1. The molecule has 0 aliphatic rings. The number of hydrogen-bond donors (Lipinski definition) is 1. The highest BCUT2D eigenvalue weighted by Gasteiger charge is 2.32. The first-order valence-electron chi connectivity index (χ1n) is 5.73. The molecule has 0 radical (unpaired) electrons. The zero-order chi connectivity index (χ0) is 13.2. The molecule has 1 aromatic carbocycles. The zero-order valence-corrected chi connectivity index (χ0v) is 11.9. The van der Waals surface area contributed by atoms with E-state index in [2.05, 4.69) is 32.0 Å². The molecule has 0 saturated carbocycles. The summed E-state index contributed by atoms with van der Waals surface area (Å²) in [6.07, 6.45) is 0. The van der Waals surface area contributed by atoms with Crippen LogP contribution in [0.3, 0.4) is 0 Å². The van der Waals surface area contributed by atoms with E-state index in [0.717, 1.165) is 4.90 Å². The Kier molecular flexibility index (Phi) is 4.26. The molecule has 1 N–H and O–H groups in total. The quantitative estimate of drug-likeness (QED) is 0.826. The van der Waals surface area contributed by atoms with Crippen LogP contribution in [0, 0.1) is 19.8 Å². The molecule has 3 heteroatoms. The van der Waals surface area contributed by atoms with Gasteiger partial charge >= 0.3 is 5.97 Å². The monoisotopic (exact) mass is 252 g/mol. The first kappa shape index (κ1) is 14.1. The SMILES string of the molecule is Cc1ccc(SC(C)(C)C(C)C(=O)O)cc1C. The molecular weight excluding hydrogens is 232 g/mol. The maximum Gasteiger partial charge on any atom is 0.307 e. The summed E-state index contributed by atoms with van der Waals surface area (Å²) >= 11 is 1.62. The molecule has 17 heavy (non-hydrogen) atoms. The lowest BCUT2D eigenvalue weighted by Gasteiger charge is -2.28. The largest absolute Gasteiger partial charge is 0.481 e. The second-order valence-corrected chi connectivity index (χ2v) is 6.74. The van der Waals surface area contributed by atoms with Gasteiger partial charge in [-0.15, -0.1) is 11.8 Å². The number of carbonyl (C=O) groups is 1. The predicted molar refractivity (Wildman–Crippen MR) is 72.7 cm³/mol. The van der Waals surface area contributed by atoms with E-state index in [1.54, 1.807) is 18.7 Å². The Morgan fingerprint density at radius 3 is 2.35 bits per heavy atom. The molecule has 0 amide bonds. The van der Waals surface area contributed by atoms with Crippen LogP contribution in [0.5, 0.6) is 0 Å². The fourth-order valence-corrected chi connectivity index (χ4v) is 2.72. The molecule has 1 unspecified atom stereocenters. The summed E-state index contributed by atoms with van der Waals surface area (Å²) < 4.78 is -0.312. The van der Waals surface area contributed by atoms with Gasteiger partial charge in [-0.25, -0.2) is 0 Å². The van der Waals surface area contributed by atoms with Gasteiger partial charge in [-0.2, -0.15) is 0 Å². The van der Waals surface area contributed by atoms with E-state index in [9.17, 15) is 4.79 Å². The number of carboxylic acids is 1. The summed E-state index contributed by atoms with van der Waals surface area (Å²) in [7, 11) is 0. The van der Waals surface area contributed by atoms with Crippen molar-refractivity contribution in [2.24, 2.45) is 5.92 Å². The van der Waals surface area contributed by atoms with E-state index >= 15 is 0 Å². The molecule has 0 bridgehead atoms. The summed E-state index contributed by atoms with van der Waals surface area (Å²) in [6.45, 7) is 9.87. The van der Waals surface area contributed by atoms with Crippen molar-refractivity contribution in [2.45, 2.75) is 44.3 Å². The highest BCUT2D eigenvalue weighted by molar-refractivity contribution is 8.00. The van der Waals surface area contributed by atoms with Gasteiger partial charge in [0, 0.05) is 9.64 Å². The van der Waals surface area contributed by atoms with Gasteiger partial charge < -0.3 is 5.11 Å². The van der Waals surface area contributed by atoms with Crippen molar-refractivity contribution in [1.82, 2.24) is 0 Å². The van der Waals surface area contributed by atoms with Crippen molar-refractivity contribution in [3.05, 3.63) is 29.3 Å². The van der Waals surface area contributed by atoms with E-state index in [1.807, 2.05) is 13.8 Å². The number of carboxylic acid groups (broad SMARTS) is 1. The van der Waals surface area contributed by atoms with Crippen LogP contribution in [0.25, 0.3) is 0 Å². The lowest BCUT2D eigenvalue weighted by molar-refractivity contribution is -0.141. The second-order valence-electron chi connectivity index (χ2n) is 5.01. The van der Waals surface area contributed by atoms with Gasteiger partial charge in [0.25, 0.3) is 0 Å². The van der Waals surface area contributed by atoms with E-state index in [-0.39, 0.29) is 10.7 Å². The maximum atomic E-state index is 11.0. The third kappa shape index (κ3) is 3.50. The minimum absolute atomic E-state index is 0.312. The molecule has 94 valence electrons. The Labute approximate surface area is 107 Å². The topological polar surface area (TPSA) is 37.3 Å². The molecule has 0 aromatic heterocycles. The van der Waals surface area contributed by atoms with Gasteiger partial charge in [-0.1, -0.05) is 13.0 Å². The van der Waals surface area contributed by atoms with Crippen LogP contribution in [0.4, 0.5) is 0 Å². The fourth-order valence-electron chi connectivity index (χ4n) is 1.47. The van der Waals surface area contributed by atoms with E-state index < -0.39 is 5.97 Å². The van der Waals surface area contributed by atoms with Crippen LogP contribution in [0.2, 0.25) is 0 Å². The van der Waals surface area contributed by atoms with Crippen LogP contribution < -0.4 is 0 Å². The van der Waals surface area contributed by atoms with Gasteiger partial charge in [-0.3, -0.25) is 4.79 Å². The first-order valence-corrected chi connectivity index (χ1v) is 6.55. The molecule has 2 nitrogen and oxygen atoms in total. The minimum Gasteiger partial charge on any atom is -0.481 e. The van der Waals surface area contributed by atoms with Crippen molar-refractivity contribution in [3.8, 4) is 0 Å². The lowest BCUT2D eigenvalue weighted by Crippen LogP contribution is -2.31. The Morgan fingerprint density at radius 2 is 1.88 bits per heavy atom. The molecule has 0 aliphatic heterocycles. The van der Waals surface area contributed by atoms with Gasteiger partial charge in [0.1, 0.15) is 0 Å². The van der Waals surface area contributed by atoms with Gasteiger partial charge in [0.05, 0.1) is 5.92 Å². The van der Waals surface area contributed by atoms with Crippen molar-refractivity contribution in [1.29, 1.82) is 0 Å². The van der Waals surface area contributed by atoms with Crippen LogP contribution in [0.15, 0.2) is 23.1 Å². The summed E-state index contributed by atoms with van der Waals surface area (Å²) in [5.41, 5.74) is 2.51. The fraction of sp³-hybridized carbons (Fsp3) is 0.500. The van der Waals surface area contributed by atoms with Gasteiger partial charge in [-0.05, 0) is 51.0 Å². The highest BCUT2D eigenvalue weighted by atomic mass is 32.2. The van der Waals surface area contributed by atoms with E-state index in [1.165, 1.54) is 11.1 Å². The zero-order valence-electron chi connectivity index (χ0n) is 11.1. The first-order chi connectivity index (χ1) is 7.74. The van der Waals surface area contributed by atoms with Crippen LogP contribution in [-0.2, 0) is 4.79 Å². The van der Waals surface area contributed by atoms with Crippen molar-refractivity contribution in [3.63, 3.8) is 0 Å².